The molecule has 0 radical (unpaired) electrons. The normalized spacial score (nSPS) is 26.0. The Balaban J connectivity index is 1.34. The molecule has 1 aromatic heterocycles. The summed E-state index contributed by atoms with van der Waals surface area (Å²) in [6.45, 7) is 6.05. The number of nitrogens with one attached hydrogen (secondary N) is 1. The van der Waals surface area contributed by atoms with E-state index in [4.69, 9.17) is 4.74 Å². The molecule has 5 rings (SSSR count). The first kappa shape index (κ1) is 27.4. The van der Waals surface area contributed by atoms with Gasteiger partial charge in [0.25, 0.3) is 0 Å². The summed E-state index contributed by atoms with van der Waals surface area (Å²) in [7, 11) is 1.52. The maximum absolute atomic E-state index is 13.8. The Morgan fingerprint density at radius 2 is 1.90 bits per heavy atom. The van der Waals surface area contributed by atoms with Crippen molar-refractivity contribution >= 4 is 17.9 Å². The van der Waals surface area contributed by atoms with Crippen LogP contribution in [-0.4, -0.2) is 64.0 Å². The van der Waals surface area contributed by atoms with Gasteiger partial charge in [-0.15, -0.1) is 0 Å². The molecule has 2 aliphatic carbocycles. The van der Waals surface area contributed by atoms with Crippen molar-refractivity contribution in [2.24, 2.45) is 11.8 Å². The summed E-state index contributed by atoms with van der Waals surface area (Å²) in [6.07, 6.45) is 11.6. The first-order valence-electron chi connectivity index (χ1n) is 14.7. The van der Waals surface area contributed by atoms with Crippen molar-refractivity contribution in [3.63, 3.8) is 0 Å². The molecule has 3 aliphatic rings. The van der Waals surface area contributed by atoms with Crippen molar-refractivity contribution < 1.29 is 14.3 Å². The molecule has 1 aromatic carbocycles. The lowest BCUT2D eigenvalue weighted by atomic mass is 9.60. The fourth-order valence-corrected chi connectivity index (χ4v) is 6.90. The number of hydrogen-bond acceptors (Lipinski definition) is 5. The average molecular weight is 534 g/mol. The largest absolute Gasteiger partial charge is 0.481 e. The fraction of sp³-hybridized carbons (Fsp3) is 0.613. The highest BCUT2D eigenvalue weighted by atomic mass is 16.5. The molecule has 1 saturated heterocycles. The molecule has 3 amide bonds. The average Bonchev–Trinajstić information content (AvgIpc) is 3.17. The standard InChI is InChI=1S/C31H43N5O3/c1-4-23(2)19-30(25-11-6-5-7-12-25)14-16-31(17-15-30)22-35(29(38)36(31)20-24-9-8-10-24)21-26(37)33-28-32-18-13-27(34-28)39-3/h5-7,11-13,18,23-24H,4,8-10,14-17,19-22H2,1-3H3,(H,32,33,34,37)/t23?,30-,31-. The highest BCUT2D eigenvalue weighted by molar-refractivity contribution is 5.93. The Labute approximate surface area is 232 Å². The first-order chi connectivity index (χ1) is 18.9. The Kier molecular flexibility index (Phi) is 8.10. The molecule has 0 bridgehead atoms. The number of carbonyl (C=O) groups excluding carboxylic acids is 2. The fourth-order valence-electron chi connectivity index (χ4n) is 6.90. The second-order valence-corrected chi connectivity index (χ2v) is 12.1. The molecule has 8 heteroatoms. The number of ether oxygens (including phenoxy) is 1. The zero-order chi connectivity index (χ0) is 27.5. The zero-order valence-electron chi connectivity index (χ0n) is 23.7. The molecule has 1 atom stereocenters. The van der Waals surface area contributed by atoms with Gasteiger partial charge < -0.3 is 14.5 Å². The molecule has 2 heterocycles. The lowest BCUT2D eigenvalue weighted by molar-refractivity contribution is -0.116. The number of hydrogen-bond donors (Lipinski definition) is 1. The third kappa shape index (κ3) is 5.75. The summed E-state index contributed by atoms with van der Waals surface area (Å²) in [5.74, 6) is 1.50. The molecule has 39 heavy (non-hydrogen) atoms. The van der Waals surface area contributed by atoms with Gasteiger partial charge in [0.15, 0.2) is 0 Å². The van der Waals surface area contributed by atoms with Crippen LogP contribution in [0.1, 0.15) is 77.2 Å². The summed E-state index contributed by atoms with van der Waals surface area (Å²) in [5, 5.41) is 2.74. The number of rotatable bonds is 10. The summed E-state index contributed by atoms with van der Waals surface area (Å²) in [6, 6.07) is 12.6. The van der Waals surface area contributed by atoms with E-state index in [0.717, 1.165) is 32.2 Å². The number of nitrogens with zero attached hydrogens (tertiary/aromatic N) is 4. The number of carbonyl (C=O) groups is 2. The monoisotopic (exact) mass is 533 g/mol. The van der Waals surface area contributed by atoms with Crippen LogP contribution in [0, 0.1) is 11.8 Å². The van der Waals surface area contributed by atoms with Gasteiger partial charge >= 0.3 is 6.03 Å². The van der Waals surface area contributed by atoms with Crippen molar-refractivity contribution in [2.45, 2.75) is 82.6 Å². The van der Waals surface area contributed by atoms with Crippen LogP contribution in [0.4, 0.5) is 10.7 Å². The van der Waals surface area contributed by atoms with Crippen LogP contribution >= 0.6 is 0 Å². The van der Waals surface area contributed by atoms with Gasteiger partial charge in [0.1, 0.15) is 6.54 Å². The number of benzene rings is 1. The predicted molar refractivity (Wildman–Crippen MR) is 152 cm³/mol. The van der Waals surface area contributed by atoms with E-state index in [1.807, 2.05) is 0 Å². The molecule has 1 unspecified atom stereocenters. The van der Waals surface area contributed by atoms with Crippen LogP contribution in [0.15, 0.2) is 42.6 Å². The molecular weight excluding hydrogens is 490 g/mol. The number of aromatic nitrogens is 2. The number of amides is 3. The van der Waals surface area contributed by atoms with Gasteiger partial charge in [0, 0.05) is 25.4 Å². The van der Waals surface area contributed by atoms with Gasteiger partial charge in [0.05, 0.1) is 12.6 Å². The smallest absolute Gasteiger partial charge is 0.321 e. The van der Waals surface area contributed by atoms with E-state index >= 15 is 0 Å². The highest BCUT2D eigenvalue weighted by Crippen LogP contribution is 2.51. The van der Waals surface area contributed by atoms with Crippen LogP contribution < -0.4 is 10.1 Å². The Morgan fingerprint density at radius 3 is 2.54 bits per heavy atom. The van der Waals surface area contributed by atoms with Gasteiger partial charge in [0.2, 0.25) is 17.7 Å². The summed E-state index contributed by atoms with van der Waals surface area (Å²) in [4.78, 5) is 39.0. The Morgan fingerprint density at radius 1 is 1.15 bits per heavy atom. The van der Waals surface area contributed by atoms with Crippen LogP contribution in [0.5, 0.6) is 5.88 Å². The minimum Gasteiger partial charge on any atom is -0.481 e. The van der Waals surface area contributed by atoms with E-state index in [2.05, 4.69) is 64.4 Å². The van der Waals surface area contributed by atoms with Crippen molar-refractivity contribution in [2.75, 3.05) is 32.1 Å². The van der Waals surface area contributed by atoms with Gasteiger partial charge in [-0.25, -0.2) is 9.78 Å². The summed E-state index contributed by atoms with van der Waals surface area (Å²) in [5.41, 5.74) is 1.36. The van der Waals surface area contributed by atoms with E-state index in [1.165, 1.54) is 51.0 Å². The Bertz CT molecular complexity index is 1140. The van der Waals surface area contributed by atoms with Crippen molar-refractivity contribution in [1.82, 2.24) is 19.8 Å². The van der Waals surface area contributed by atoms with Crippen LogP contribution in [-0.2, 0) is 10.2 Å². The van der Waals surface area contributed by atoms with Gasteiger partial charge in [-0.05, 0) is 67.8 Å². The molecule has 2 saturated carbocycles. The third-order valence-corrected chi connectivity index (χ3v) is 9.61. The number of urea groups is 1. The topological polar surface area (TPSA) is 87.7 Å². The second-order valence-electron chi connectivity index (χ2n) is 12.1. The van der Waals surface area contributed by atoms with E-state index < -0.39 is 0 Å². The van der Waals surface area contributed by atoms with Crippen LogP contribution in [0.2, 0.25) is 0 Å². The first-order valence-corrected chi connectivity index (χ1v) is 14.7. The third-order valence-electron chi connectivity index (χ3n) is 9.61. The molecular formula is C31H43N5O3. The Hall–Kier alpha value is -3.16. The van der Waals surface area contributed by atoms with Crippen molar-refractivity contribution in [3.8, 4) is 5.88 Å². The zero-order valence-corrected chi connectivity index (χ0v) is 23.7. The quantitative estimate of drug-likeness (QED) is 0.427. The predicted octanol–water partition coefficient (Wildman–Crippen LogP) is 5.65. The van der Waals surface area contributed by atoms with E-state index in [-0.39, 0.29) is 35.4 Å². The summed E-state index contributed by atoms with van der Waals surface area (Å²) >= 11 is 0. The molecule has 210 valence electrons. The maximum atomic E-state index is 13.8. The number of anilines is 1. The lowest BCUT2D eigenvalue weighted by Gasteiger charge is -2.50. The van der Waals surface area contributed by atoms with E-state index in [0.29, 0.717) is 24.3 Å². The molecule has 1 aliphatic heterocycles. The van der Waals surface area contributed by atoms with Gasteiger partial charge in [-0.2, -0.15) is 4.98 Å². The minimum atomic E-state index is -0.288. The summed E-state index contributed by atoms with van der Waals surface area (Å²) < 4.78 is 5.14. The number of methoxy groups -OCH3 is 1. The van der Waals surface area contributed by atoms with E-state index in [1.54, 1.807) is 11.0 Å². The maximum Gasteiger partial charge on any atom is 0.321 e. The van der Waals surface area contributed by atoms with Crippen LogP contribution in [0.3, 0.4) is 0 Å². The molecule has 1 spiro atoms. The lowest BCUT2D eigenvalue weighted by Crippen LogP contribution is -2.54. The van der Waals surface area contributed by atoms with Crippen molar-refractivity contribution in [3.05, 3.63) is 48.2 Å². The highest BCUT2D eigenvalue weighted by Gasteiger charge is 2.54. The van der Waals surface area contributed by atoms with Crippen molar-refractivity contribution in [1.29, 1.82) is 0 Å². The second kappa shape index (κ2) is 11.5. The van der Waals surface area contributed by atoms with Gasteiger partial charge in [-0.1, -0.05) is 57.0 Å². The molecule has 1 N–H and O–H groups in total. The minimum absolute atomic E-state index is 0.000976. The molecule has 8 nitrogen and oxygen atoms in total. The van der Waals surface area contributed by atoms with Gasteiger partial charge in [-0.3, -0.25) is 10.1 Å². The molecule has 2 aromatic rings. The van der Waals surface area contributed by atoms with E-state index in [9.17, 15) is 9.59 Å². The molecule has 3 fully saturated rings. The SMILES string of the molecule is CCC(C)C[C@]1(c2ccccc2)CC[C@]2(CC1)CN(CC(=O)Nc1nccc(OC)n1)C(=O)N2CC1CCC1. The van der Waals surface area contributed by atoms with Crippen LogP contribution in [0.25, 0.3) is 0 Å².